The molecular weight excluding hydrogens is 286 g/mol. The maximum Gasteiger partial charge on any atom is 0.123 e. The Bertz CT molecular complexity index is 572. The van der Waals surface area contributed by atoms with Gasteiger partial charge < -0.3 is 4.74 Å². The number of hydrogen-bond acceptors (Lipinski definition) is 1. The Morgan fingerprint density at radius 3 is 2.63 bits per heavy atom. The van der Waals surface area contributed by atoms with Crippen LogP contribution in [-0.4, -0.2) is 7.11 Å². The second-order valence-corrected chi connectivity index (χ2v) is 5.08. The SMILES string of the molecule is COc1ccc(F)cc1C(Cl)Cc1ccccc1Cl. The number of ether oxygens (including phenoxy) is 1. The molecule has 2 aromatic rings. The third-order valence-electron chi connectivity index (χ3n) is 2.89. The minimum Gasteiger partial charge on any atom is -0.496 e. The van der Waals surface area contributed by atoms with Gasteiger partial charge in [0, 0.05) is 10.6 Å². The second kappa shape index (κ2) is 6.27. The van der Waals surface area contributed by atoms with Crippen molar-refractivity contribution in [3.05, 3.63) is 64.4 Å². The molecule has 2 rings (SSSR count). The average Bonchev–Trinajstić information content (AvgIpc) is 2.41. The first-order chi connectivity index (χ1) is 9.11. The van der Waals surface area contributed by atoms with Gasteiger partial charge in [-0.05, 0) is 36.2 Å². The molecule has 2 aromatic carbocycles. The van der Waals surface area contributed by atoms with Gasteiger partial charge in [0.25, 0.3) is 0 Å². The van der Waals surface area contributed by atoms with Gasteiger partial charge >= 0.3 is 0 Å². The van der Waals surface area contributed by atoms with Gasteiger partial charge in [-0.25, -0.2) is 4.39 Å². The van der Waals surface area contributed by atoms with E-state index in [0.29, 0.717) is 22.8 Å². The molecule has 0 amide bonds. The van der Waals surface area contributed by atoms with Crippen molar-refractivity contribution >= 4 is 23.2 Å². The van der Waals surface area contributed by atoms with E-state index in [1.165, 1.54) is 19.2 Å². The van der Waals surface area contributed by atoms with Crippen molar-refractivity contribution in [1.29, 1.82) is 0 Å². The lowest BCUT2D eigenvalue weighted by atomic mass is 10.0. The topological polar surface area (TPSA) is 9.23 Å². The molecular formula is C15H13Cl2FO. The highest BCUT2D eigenvalue weighted by atomic mass is 35.5. The predicted molar refractivity (Wildman–Crippen MR) is 76.7 cm³/mol. The Balaban J connectivity index is 2.27. The smallest absolute Gasteiger partial charge is 0.123 e. The molecule has 0 heterocycles. The fourth-order valence-electron chi connectivity index (χ4n) is 1.92. The van der Waals surface area contributed by atoms with Crippen LogP contribution in [0.5, 0.6) is 5.75 Å². The van der Waals surface area contributed by atoms with Crippen molar-refractivity contribution in [2.45, 2.75) is 11.8 Å². The zero-order valence-corrected chi connectivity index (χ0v) is 11.9. The largest absolute Gasteiger partial charge is 0.496 e. The first kappa shape index (κ1) is 14.2. The summed E-state index contributed by atoms with van der Waals surface area (Å²) in [7, 11) is 1.54. The first-order valence-electron chi connectivity index (χ1n) is 5.82. The molecule has 0 bridgehead atoms. The van der Waals surface area contributed by atoms with Gasteiger partial charge in [0.15, 0.2) is 0 Å². The van der Waals surface area contributed by atoms with Crippen LogP contribution in [-0.2, 0) is 6.42 Å². The molecule has 100 valence electrons. The van der Waals surface area contributed by atoms with Crippen molar-refractivity contribution < 1.29 is 9.13 Å². The molecule has 1 unspecified atom stereocenters. The van der Waals surface area contributed by atoms with Crippen LogP contribution in [0.4, 0.5) is 4.39 Å². The lowest BCUT2D eigenvalue weighted by Gasteiger charge is -2.15. The lowest BCUT2D eigenvalue weighted by Crippen LogP contribution is -2.00. The zero-order valence-electron chi connectivity index (χ0n) is 10.4. The maximum atomic E-state index is 13.3. The molecule has 4 heteroatoms. The Hall–Kier alpha value is -1.25. The van der Waals surface area contributed by atoms with Crippen LogP contribution in [0.25, 0.3) is 0 Å². The molecule has 0 N–H and O–H groups in total. The van der Waals surface area contributed by atoms with Crippen LogP contribution in [0, 0.1) is 5.82 Å². The Kier molecular flexibility index (Phi) is 4.67. The minimum absolute atomic E-state index is 0.333. The number of halogens is 3. The summed E-state index contributed by atoms with van der Waals surface area (Å²) in [4.78, 5) is 0. The highest BCUT2D eigenvalue weighted by Crippen LogP contribution is 2.34. The number of hydrogen-bond donors (Lipinski definition) is 0. The monoisotopic (exact) mass is 298 g/mol. The molecule has 19 heavy (non-hydrogen) atoms. The van der Waals surface area contributed by atoms with Crippen LogP contribution in [0.3, 0.4) is 0 Å². The highest BCUT2D eigenvalue weighted by molar-refractivity contribution is 6.31. The van der Waals surface area contributed by atoms with E-state index in [1.807, 2.05) is 24.3 Å². The molecule has 1 atom stereocenters. The first-order valence-corrected chi connectivity index (χ1v) is 6.64. The zero-order chi connectivity index (χ0) is 13.8. The van der Waals surface area contributed by atoms with Crippen LogP contribution >= 0.6 is 23.2 Å². The fourth-order valence-corrected chi connectivity index (χ4v) is 2.47. The summed E-state index contributed by atoms with van der Waals surface area (Å²) < 4.78 is 18.5. The van der Waals surface area contributed by atoms with E-state index in [4.69, 9.17) is 27.9 Å². The molecule has 0 fully saturated rings. The Labute approximate surface area is 121 Å². The molecule has 0 saturated carbocycles. The molecule has 0 radical (unpaired) electrons. The minimum atomic E-state index is -0.398. The second-order valence-electron chi connectivity index (χ2n) is 4.15. The Morgan fingerprint density at radius 1 is 1.21 bits per heavy atom. The van der Waals surface area contributed by atoms with Crippen molar-refractivity contribution in [3.8, 4) is 5.75 Å². The summed E-state index contributed by atoms with van der Waals surface area (Å²) in [6, 6.07) is 11.8. The summed E-state index contributed by atoms with van der Waals surface area (Å²) in [6.07, 6.45) is 0.515. The lowest BCUT2D eigenvalue weighted by molar-refractivity contribution is 0.407. The van der Waals surface area contributed by atoms with E-state index in [9.17, 15) is 4.39 Å². The van der Waals surface area contributed by atoms with E-state index in [2.05, 4.69) is 0 Å². The van der Waals surface area contributed by atoms with Gasteiger partial charge in [0.2, 0.25) is 0 Å². The van der Waals surface area contributed by atoms with Crippen molar-refractivity contribution in [2.24, 2.45) is 0 Å². The number of alkyl halides is 1. The highest BCUT2D eigenvalue weighted by Gasteiger charge is 2.16. The van der Waals surface area contributed by atoms with Crippen LogP contribution in [0.2, 0.25) is 5.02 Å². The molecule has 0 spiro atoms. The van der Waals surface area contributed by atoms with E-state index < -0.39 is 5.38 Å². The third kappa shape index (κ3) is 3.40. The predicted octanol–water partition coefficient (Wildman–Crippen LogP) is 5.01. The van der Waals surface area contributed by atoms with Crippen LogP contribution in [0.1, 0.15) is 16.5 Å². The summed E-state index contributed by atoms with van der Waals surface area (Å²) in [5, 5.41) is 0.258. The number of rotatable bonds is 4. The van der Waals surface area contributed by atoms with Gasteiger partial charge in [0.05, 0.1) is 12.5 Å². The number of benzene rings is 2. The van der Waals surface area contributed by atoms with Crippen LogP contribution < -0.4 is 4.74 Å². The van der Waals surface area contributed by atoms with Gasteiger partial charge in [-0.3, -0.25) is 0 Å². The van der Waals surface area contributed by atoms with Crippen molar-refractivity contribution in [1.82, 2.24) is 0 Å². The van der Waals surface area contributed by atoms with E-state index in [-0.39, 0.29) is 5.82 Å². The molecule has 1 nitrogen and oxygen atoms in total. The van der Waals surface area contributed by atoms with Gasteiger partial charge in [-0.15, -0.1) is 11.6 Å². The summed E-state index contributed by atoms with van der Waals surface area (Å²) in [6.45, 7) is 0. The van der Waals surface area contributed by atoms with Gasteiger partial charge in [-0.2, -0.15) is 0 Å². The fraction of sp³-hybridized carbons (Fsp3) is 0.200. The normalized spacial score (nSPS) is 12.2. The molecule has 0 aliphatic carbocycles. The van der Waals surface area contributed by atoms with E-state index in [1.54, 1.807) is 6.07 Å². The number of methoxy groups -OCH3 is 1. The third-order valence-corrected chi connectivity index (χ3v) is 3.64. The summed E-state index contributed by atoms with van der Waals surface area (Å²) in [5.74, 6) is 0.245. The van der Waals surface area contributed by atoms with E-state index in [0.717, 1.165) is 5.56 Å². The van der Waals surface area contributed by atoms with E-state index >= 15 is 0 Å². The molecule has 0 aromatic heterocycles. The van der Waals surface area contributed by atoms with Crippen molar-refractivity contribution in [3.63, 3.8) is 0 Å². The summed E-state index contributed by atoms with van der Waals surface area (Å²) in [5.41, 5.74) is 1.56. The molecule has 0 aliphatic heterocycles. The van der Waals surface area contributed by atoms with Crippen LogP contribution in [0.15, 0.2) is 42.5 Å². The molecule has 0 saturated heterocycles. The quantitative estimate of drug-likeness (QED) is 0.721. The van der Waals surface area contributed by atoms with Gasteiger partial charge in [-0.1, -0.05) is 29.8 Å². The Morgan fingerprint density at radius 2 is 1.95 bits per heavy atom. The summed E-state index contributed by atoms with van der Waals surface area (Å²) >= 11 is 12.5. The van der Waals surface area contributed by atoms with Crippen molar-refractivity contribution in [2.75, 3.05) is 7.11 Å². The maximum absolute atomic E-state index is 13.3. The molecule has 0 aliphatic rings. The average molecular weight is 299 g/mol. The van der Waals surface area contributed by atoms with Gasteiger partial charge in [0.1, 0.15) is 11.6 Å². The standard InChI is InChI=1S/C15H13Cl2FO/c1-19-15-7-6-11(18)9-12(15)14(17)8-10-4-2-3-5-13(10)16/h2-7,9,14H,8H2,1H3.